The van der Waals surface area contributed by atoms with Crippen LogP contribution in [0, 0.1) is 0 Å². The van der Waals surface area contributed by atoms with Crippen molar-refractivity contribution >= 4 is 23.5 Å². The van der Waals surface area contributed by atoms with Gasteiger partial charge in [-0.05, 0) is 42.5 Å². The van der Waals surface area contributed by atoms with Gasteiger partial charge in [-0.2, -0.15) is 0 Å². The molecule has 0 spiro atoms. The van der Waals surface area contributed by atoms with E-state index >= 15 is 0 Å². The summed E-state index contributed by atoms with van der Waals surface area (Å²) in [6.07, 6.45) is 61.3. The molecule has 0 heterocycles. The lowest BCUT2D eigenvalue weighted by molar-refractivity contribution is 0.521. The van der Waals surface area contributed by atoms with Crippen LogP contribution in [-0.4, -0.2) is 11.5 Å². The maximum absolute atomic E-state index is 2.45. The normalized spacial score (nSPS) is 11.6. The van der Waals surface area contributed by atoms with Crippen molar-refractivity contribution in [1.29, 1.82) is 0 Å². The molecule has 54 heavy (non-hydrogen) atoms. The summed E-state index contributed by atoms with van der Waals surface area (Å²) >= 11 is 4.16. The molecule has 0 saturated heterocycles. The molecular formula is C52H98S2. The maximum atomic E-state index is 2.45. The molecule has 0 unspecified atom stereocenters. The van der Waals surface area contributed by atoms with Crippen molar-refractivity contribution in [2.24, 2.45) is 0 Å². The Balaban J connectivity index is 1.78. The highest BCUT2D eigenvalue weighted by molar-refractivity contribution is 8.00. The number of benzene rings is 1. The molecule has 2 heteroatoms. The third-order valence-electron chi connectivity index (χ3n) is 11.8. The molecule has 0 aromatic heterocycles. The third kappa shape index (κ3) is 40.1. The first-order valence-electron chi connectivity index (χ1n) is 25.2. The average molecular weight is 787 g/mol. The van der Waals surface area contributed by atoms with Crippen LogP contribution in [0.2, 0.25) is 0 Å². The van der Waals surface area contributed by atoms with Crippen LogP contribution in [0.1, 0.15) is 284 Å². The summed E-state index contributed by atoms with van der Waals surface area (Å²) in [5.41, 5.74) is 0. The van der Waals surface area contributed by atoms with Crippen LogP contribution in [0.4, 0.5) is 0 Å². The van der Waals surface area contributed by atoms with Gasteiger partial charge in [0.25, 0.3) is 0 Å². The minimum absolute atomic E-state index is 1.28. The minimum atomic E-state index is 1.28. The SMILES string of the molecule is CCCCCCCCCCCCCCCCCCCCCCCSc1cccc(SCCCCCCCCCCCCCCCCCCCCCCC)c1. The molecule has 0 nitrogen and oxygen atoms in total. The quantitative estimate of drug-likeness (QED) is 0.0477. The van der Waals surface area contributed by atoms with Gasteiger partial charge in [-0.15, -0.1) is 23.5 Å². The van der Waals surface area contributed by atoms with Crippen molar-refractivity contribution in [2.45, 2.75) is 293 Å². The third-order valence-corrected chi connectivity index (χ3v) is 14.0. The lowest BCUT2D eigenvalue weighted by atomic mass is 10.0. The number of unbranched alkanes of at least 4 members (excludes halogenated alkanes) is 40. The molecule has 0 aliphatic carbocycles. The second-order valence-electron chi connectivity index (χ2n) is 17.3. The Morgan fingerprint density at radius 2 is 0.444 bits per heavy atom. The van der Waals surface area contributed by atoms with Crippen LogP contribution in [0.5, 0.6) is 0 Å². The van der Waals surface area contributed by atoms with E-state index in [1.807, 2.05) is 0 Å². The summed E-state index contributed by atoms with van der Waals surface area (Å²) in [5.74, 6) is 2.57. The van der Waals surface area contributed by atoms with Crippen molar-refractivity contribution in [1.82, 2.24) is 0 Å². The summed E-state index contributed by atoms with van der Waals surface area (Å²) in [6.45, 7) is 4.62. The van der Waals surface area contributed by atoms with Crippen LogP contribution in [-0.2, 0) is 0 Å². The topological polar surface area (TPSA) is 0 Å². The van der Waals surface area contributed by atoms with Crippen molar-refractivity contribution < 1.29 is 0 Å². The molecule has 1 rings (SSSR count). The highest BCUT2D eigenvalue weighted by Gasteiger charge is 2.01. The zero-order chi connectivity index (χ0) is 38.5. The van der Waals surface area contributed by atoms with Crippen molar-refractivity contribution in [3.05, 3.63) is 24.3 Å². The monoisotopic (exact) mass is 787 g/mol. The van der Waals surface area contributed by atoms with Crippen molar-refractivity contribution in [2.75, 3.05) is 11.5 Å². The van der Waals surface area contributed by atoms with Crippen LogP contribution >= 0.6 is 23.5 Å². The largest absolute Gasteiger partial charge is 0.126 e. The Hall–Kier alpha value is -0.0800. The molecular weight excluding hydrogens is 689 g/mol. The summed E-state index contributed by atoms with van der Waals surface area (Å²) in [6, 6.07) is 9.38. The lowest BCUT2D eigenvalue weighted by Crippen LogP contribution is -1.86. The Morgan fingerprint density at radius 1 is 0.259 bits per heavy atom. The first-order valence-corrected chi connectivity index (χ1v) is 27.2. The van der Waals surface area contributed by atoms with Gasteiger partial charge in [-0.3, -0.25) is 0 Å². The molecule has 0 N–H and O–H groups in total. The second kappa shape index (κ2) is 45.6. The zero-order valence-corrected chi connectivity index (χ0v) is 38.9. The molecule has 0 aliphatic heterocycles. The average Bonchev–Trinajstić information content (AvgIpc) is 3.19. The fourth-order valence-electron chi connectivity index (χ4n) is 8.10. The number of rotatable bonds is 46. The van der Waals surface area contributed by atoms with E-state index < -0.39 is 0 Å². The lowest BCUT2D eigenvalue weighted by Gasteiger charge is -2.06. The fraction of sp³-hybridized carbons (Fsp3) is 0.885. The van der Waals surface area contributed by atoms with Gasteiger partial charge < -0.3 is 0 Å². The van der Waals surface area contributed by atoms with Crippen molar-refractivity contribution in [3.8, 4) is 0 Å². The predicted molar refractivity (Wildman–Crippen MR) is 253 cm³/mol. The summed E-state index contributed by atoms with van der Waals surface area (Å²) in [5, 5.41) is 0. The van der Waals surface area contributed by atoms with E-state index in [9.17, 15) is 0 Å². The standard InChI is InChI=1S/C52H98S2/c1-3-5-7-9-11-13-15-17-19-21-23-25-27-29-31-33-35-37-39-41-43-48-53-51-46-45-47-52(50-51)54-49-44-42-40-38-36-34-32-30-28-26-24-22-20-18-16-14-12-10-8-6-4-2/h45-47,50H,3-44,48-49H2,1-2H3. The van der Waals surface area contributed by atoms with Gasteiger partial charge in [0.05, 0.1) is 0 Å². The van der Waals surface area contributed by atoms with Gasteiger partial charge in [0.1, 0.15) is 0 Å². The van der Waals surface area contributed by atoms with Gasteiger partial charge in [0.2, 0.25) is 0 Å². The summed E-state index contributed by atoms with van der Waals surface area (Å²) in [4.78, 5) is 2.96. The van der Waals surface area contributed by atoms with Crippen molar-refractivity contribution in [3.63, 3.8) is 0 Å². The van der Waals surface area contributed by atoms with E-state index in [1.54, 1.807) is 0 Å². The molecule has 1 aromatic rings. The van der Waals surface area contributed by atoms with Gasteiger partial charge in [-0.1, -0.05) is 277 Å². The Kier molecular flexibility index (Phi) is 43.9. The van der Waals surface area contributed by atoms with E-state index in [0.29, 0.717) is 0 Å². The predicted octanol–water partition coefficient (Wildman–Crippen LogP) is 20.3. The minimum Gasteiger partial charge on any atom is -0.126 e. The molecule has 0 bridgehead atoms. The van der Waals surface area contributed by atoms with Gasteiger partial charge in [-0.25, -0.2) is 0 Å². The molecule has 0 atom stereocenters. The highest BCUT2D eigenvalue weighted by Crippen LogP contribution is 2.27. The molecule has 0 saturated carbocycles. The molecule has 0 aliphatic rings. The number of hydrogen-bond donors (Lipinski definition) is 0. The summed E-state index contributed by atoms with van der Waals surface area (Å²) < 4.78 is 0. The highest BCUT2D eigenvalue weighted by atomic mass is 32.2. The van der Waals surface area contributed by atoms with E-state index in [4.69, 9.17) is 0 Å². The first-order chi connectivity index (χ1) is 26.9. The van der Waals surface area contributed by atoms with Gasteiger partial charge in [0.15, 0.2) is 0 Å². The zero-order valence-electron chi connectivity index (χ0n) is 37.2. The molecule has 0 fully saturated rings. The fourth-order valence-corrected chi connectivity index (χ4v) is 10.1. The van der Waals surface area contributed by atoms with Crippen LogP contribution in [0.25, 0.3) is 0 Å². The molecule has 318 valence electrons. The maximum Gasteiger partial charge on any atom is 0.00830 e. The van der Waals surface area contributed by atoms with Crippen LogP contribution < -0.4 is 0 Å². The van der Waals surface area contributed by atoms with E-state index in [-0.39, 0.29) is 0 Å². The Morgan fingerprint density at radius 3 is 0.648 bits per heavy atom. The van der Waals surface area contributed by atoms with E-state index in [1.165, 1.54) is 291 Å². The number of hydrogen-bond acceptors (Lipinski definition) is 2. The smallest absolute Gasteiger partial charge is 0.00830 e. The molecule has 0 amide bonds. The van der Waals surface area contributed by atoms with Crippen LogP contribution in [0.3, 0.4) is 0 Å². The number of thioether (sulfide) groups is 2. The van der Waals surface area contributed by atoms with E-state index in [0.717, 1.165) is 0 Å². The van der Waals surface area contributed by atoms with Crippen LogP contribution in [0.15, 0.2) is 34.1 Å². The Labute approximate surface area is 350 Å². The molecule has 1 aromatic carbocycles. The van der Waals surface area contributed by atoms with Gasteiger partial charge in [0, 0.05) is 9.79 Å². The Bertz CT molecular complexity index is 757. The van der Waals surface area contributed by atoms with Gasteiger partial charge >= 0.3 is 0 Å². The first kappa shape index (κ1) is 51.9. The second-order valence-corrected chi connectivity index (χ2v) is 19.7. The molecule has 0 radical (unpaired) electrons. The summed E-state index contributed by atoms with van der Waals surface area (Å²) in [7, 11) is 0. The van der Waals surface area contributed by atoms with E-state index in [2.05, 4.69) is 61.6 Å².